The van der Waals surface area contributed by atoms with Crippen molar-refractivity contribution in [1.82, 2.24) is 20.2 Å². The summed E-state index contributed by atoms with van der Waals surface area (Å²) in [4.78, 5) is 24.0. The summed E-state index contributed by atoms with van der Waals surface area (Å²) in [6.07, 6.45) is 5.38. The number of aliphatic carboxylic acids is 1. The third kappa shape index (κ3) is 7.32. The molecule has 2 atom stereocenters. The van der Waals surface area contributed by atoms with Gasteiger partial charge in [-0.15, -0.1) is 10.2 Å². The minimum atomic E-state index is -1.01. The summed E-state index contributed by atoms with van der Waals surface area (Å²) in [7, 11) is 0. The van der Waals surface area contributed by atoms with Gasteiger partial charge in [0.2, 0.25) is 5.88 Å². The number of rotatable bonds is 15. The number of carboxylic acid groups (broad SMARTS) is 1. The van der Waals surface area contributed by atoms with Crippen molar-refractivity contribution in [2.24, 2.45) is 0 Å². The molecule has 0 amide bonds. The van der Waals surface area contributed by atoms with Gasteiger partial charge in [0.1, 0.15) is 19.0 Å². The van der Waals surface area contributed by atoms with Crippen LogP contribution in [0.25, 0.3) is 11.3 Å². The van der Waals surface area contributed by atoms with Gasteiger partial charge in [-0.05, 0) is 31.0 Å². The number of para-hydroxylation sites is 1. The minimum Gasteiger partial charge on any atom is -0.507 e. The van der Waals surface area contributed by atoms with Crippen LogP contribution >= 0.6 is 0 Å². The molecule has 3 aromatic rings. The topological polar surface area (TPSA) is 179 Å². The zero-order chi connectivity index (χ0) is 29.3. The van der Waals surface area contributed by atoms with Crippen LogP contribution in [0.15, 0.2) is 42.7 Å². The molecule has 0 spiro atoms. The Labute approximate surface area is 243 Å². The third-order valence-electron chi connectivity index (χ3n) is 7.12. The van der Waals surface area contributed by atoms with Crippen molar-refractivity contribution in [3.8, 4) is 22.9 Å². The van der Waals surface area contributed by atoms with Crippen LogP contribution in [0.5, 0.6) is 11.6 Å². The number of piperazine rings is 1. The van der Waals surface area contributed by atoms with E-state index >= 15 is 0 Å². The number of carbonyl (C=O) groups is 1. The van der Waals surface area contributed by atoms with Gasteiger partial charge in [-0.25, -0.2) is 4.79 Å². The number of nitrogens with two attached hydrogens (primary N) is 1. The van der Waals surface area contributed by atoms with Crippen LogP contribution in [0.1, 0.15) is 12.8 Å². The molecule has 0 saturated carbocycles. The highest BCUT2D eigenvalue weighted by molar-refractivity contribution is 5.74. The van der Waals surface area contributed by atoms with Crippen molar-refractivity contribution in [3.05, 3.63) is 42.7 Å². The van der Waals surface area contributed by atoms with Crippen molar-refractivity contribution in [1.29, 1.82) is 0 Å². The average Bonchev–Trinajstić information content (AvgIpc) is 3.25. The number of hydrogen-bond acceptors (Lipinski definition) is 13. The number of aromatic nitrogens is 4. The van der Waals surface area contributed by atoms with Gasteiger partial charge in [-0.2, -0.15) is 4.98 Å². The third-order valence-corrected chi connectivity index (χ3v) is 7.12. The van der Waals surface area contributed by atoms with Crippen molar-refractivity contribution < 1.29 is 34.0 Å². The number of hydrogen-bond donors (Lipinski definition) is 3. The van der Waals surface area contributed by atoms with Crippen LogP contribution in [0.2, 0.25) is 0 Å². The number of aromatic hydroxyl groups is 1. The highest BCUT2D eigenvalue weighted by atomic mass is 16.6. The normalized spacial score (nSPS) is 17.9. The SMILES string of the molecule is Nc1nnc(-c2ccccc2O)cc1N1CC2CCC(C1)N2c1cncc(OCCOCCOCCOCC(=O)O)n1. The molecule has 2 unspecified atom stereocenters. The Kier molecular flexibility index (Phi) is 9.79. The van der Waals surface area contributed by atoms with Crippen molar-refractivity contribution in [3.63, 3.8) is 0 Å². The molecule has 2 aromatic heterocycles. The van der Waals surface area contributed by atoms with E-state index in [-0.39, 0.29) is 31.0 Å². The number of anilines is 3. The zero-order valence-electron chi connectivity index (χ0n) is 23.2. The fraction of sp³-hybridized carbons (Fsp3) is 0.464. The summed E-state index contributed by atoms with van der Waals surface area (Å²) < 4.78 is 21.5. The van der Waals surface area contributed by atoms with Gasteiger partial charge in [0, 0.05) is 30.7 Å². The summed E-state index contributed by atoms with van der Waals surface area (Å²) >= 11 is 0. The standard InChI is InChI=1S/C28H35N7O7/c29-28-23(13-22(32-33-28)21-3-1-2-4-24(21)36)34-16-19-5-6-20(17-34)35(19)25-14-30-15-26(31-25)42-12-11-40-8-7-39-9-10-41-18-27(37)38/h1-4,13-15,19-20,36H,5-12,16-18H2,(H2,29,33)(H,37,38). The van der Waals surface area contributed by atoms with E-state index in [0.717, 1.165) is 37.4 Å². The van der Waals surface area contributed by atoms with Gasteiger partial charge in [-0.1, -0.05) is 12.1 Å². The maximum atomic E-state index is 10.4. The van der Waals surface area contributed by atoms with Crippen LogP contribution in [0, 0.1) is 0 Å². The maximum absolute atomic E-state index is 10.4. The lowest BCUT2D eigenvalue weighted by Gasteiger charge is -2.42. The number of carboxylic acids is 1. The minimum absolute atomic E-state index is 0.144. The average molecular weight is 582 g/mol. The molecule has 2 saturated heterocycles. The first-order valence-corrected chi connectivity index (χ1v) is 13.8. The molecule has 2 aliphatic heterocycles. The number of phenolic OH excluding ortho intramolecular Hbond substituents is 1. The highest BCUT2D eigenvalue weighted by Crippen LogP contribution is 2.38. The second-order valence-electron chi connectivity index (χ2n) is 9.95. The van der Waals surface area contributed by atoms with E-state index < -0.39 is 5.97 Å². The number of phenols is 1. The first-order chi connectivity index (χ1) is 20.5. The van der Waals surface area contributed by atoms with E-state index in [2.05, 4.69) is 25.0 Å². The summed E-state index contributed by atoms with van der Waals surface area (Å²) in [5.74, 6) is 0.699. The van der Waals surface area contributed by atoms with Crippen LogP contribution in [0.4, 0.5) is 17.3 Å². The molecule has 4 N–H and O–H groups in total. The monoisotopic (exact) mass is 581 g/mol. The van der Waals surface area contributed by atoms with Crippen LogP contribution in [0.3, 0.4) is 0 Å². The Balaban J connectivity index is 1.11. The molecule has 5 rings (SSSR count). The van der Waals surface area contributed by atoms with Gasteiger partial charge in [0.05, 0.1) is 56.8 Å². The van der Waals surface area contributed by atoms with Crippen LogP contribution in [-0.2, 0) is 19.0 Å². The first-order valence-electron chi connectivity index (χ1n) is 13.8. The quantitative estimate of drug-likeness (QED) is 0.220. The number of nitrogens with zero attached hydrogens (tertiary/aromatic N) is 6. The zero-order valence-corrected chi connectivity index (χ0v) is 23.2. The Bertz CT molecular complexity index is 1330. The van der Waals surface area contributed by atoms with Gasteiger partial charge in [-0.3, -0.25) is 4.98 Å². The molecule has 42 heavy (non-hydrogen) atoms. The van der Waals surface area contributed by atoms with E-state index in [1.807, 2.05) is 12.1 Å². The second kappa shape index (κ2) is 14.1. The van der Waals surface area contributed by atoms with E-state index in [1.165, 1.54) is 0 Å². The predicted octanol–water partition coefficient (Wildman–Crippen LogP) is 1.59. The Morgan fingerprint density at radius 3 is 2.36 bits per heavy atom. The molecule has 14 heteroatoms. The van der Waals surface area contributed by atoms with Gasteiger partial charge in [0.15, 0.2) is 11.6 Å². The Hall–Kier alpha value is -4.27. The molecule has 2 fully saturated rings. The fourth-order valence-corrected chi connectivity index (χ4v) is 5.28. The number of fused-ring (bicyclic) bond motifs is 2. The van der Waals surface area contributed by atoms with Gasteiger partial charge >= 0.3 is 5.97 Å². The summed E-state index contributed by atoms with van der Waals surface area (Å²) in [5, 5.41) is 27.2. The number of ether oxygens (including phenoxy) is 4. The molecule has 1 aromatic carbocycles. The molecule has 0 radical (unpaired) electrons. The number of benzene rings is 1. The Morgan fingerprint density at radius 1 is 0.952 bits per heavy atom. The van der Waals surface area contributed by atoms with E-state index in [1.54, 1.807) is 30.6 Å². The summed E-state index contributed by atoms with van der Waals surface area (Å²) in [6, 6.07) is 9.37. The molecule has 2 aliphatic rings. The highest BCUT2D eigenvalue weighted by Gasteiger charge is 2.41. The largest absolute Gasteiger partial charge is 0.507 e. The molecule has 224 valence electrons. The lowest BCUT2D eigenvalue weighted by Crippen LogP contribution is -2.54. The molecule has 2 bridgehead atoms. The lowest BCUT2D eigenvalue weighted by atomic mass is 10.1. The van der Waals surface area contributed by atoms with E-state index in [0.29, 0.717) is 56.0 Å². The van der Waals surface area contributed by atoms with Crippen molar-refractivity contribution >= 4 is 23.3 Å². The van der Waals surface area contributed by atoms with Crippen LogP contribution < -0.4 is 20.3 Å². The van der Waals surface area contributed by atoms with Gasteiger partial charge in [0.25, 0.3) is 0 Å². The van der Waals surface area contributed by atoms with Gasteiger partial charge < -0.3 is 44.7 Å². The summed E-state index contributed by atoms with van der Waals surface area (Å²) in [6.45, 7) is 3.09. The molecular formula is C28H35N7O7. The molecule has 14 nitrogen and oxygen atoms in total. The van der Waals surface area contributed by atoms with Crippen molar-refractivity contribution in [2.45, 2.75) is 24.9 Å². The first kappa shape index (κ1) is 29.2. The molecular weight excluding hydrogens is 546 g/mol. The lowest BCUT2D eigenvalue weighted by molar-refractivity contribution is -0.142. The maximum Gasteiger partial charge on any atom is 0.329 e. The predicted molar refractivity (Wildman–Crippen MR) is 153 cm³/mol. The van der Waals surface area contributed by atoms with E-state index in [4.69, 9.17) is 34.8 Å². The number of nitrogen functional groups attached to an aromatic ring is 1. The molecule has 4 heterocycles. The fourth-order valence-electron chi connectivity index (χ4n) is 5.28. The van der Waals surface area contributed by atoms with E-state index in [9.17, 15) is 9.90 Å². The van der Waals surface area contributed by atoms with Crippen molar-refractivity contribution in [2.75, 3.05) is 74.9 Å². The second-order valence-corrected chi connectivity index (χ2v) is 9.95. The molecule has 0 aliphatic carbocycles. The smallest absolute Gasteiger partial charge is 0.329 e. The summed E-state index contributed by atoms with van der Waals surface area (Å²) in [5.41, 5.74) is 8.25. The van der Waals surface area contributed by atoms with Crippen LogP contribution in [-0.4, -0.2) is 108 Å². The Morgan fingerprint density at radius 2 is 1.64 bits per heavy atom.